The first-order valence-corrected chi connectivity index (χ1v) is 11.6. The Bertz CT molecular complexity index is 1370. The molecule has 1 aromatic heterocycles. The van der Waals surface area contributed by atoms with E-state index in [0.717, 1.165) is 15.6 Å². The largest absolute Gasteiger partial charge is 0.463 e. The van der Waals surface area contributed by atoms with Gasteiger partial charge >= 0.3 is 5.97 Å². The normalized spacial score (nSPS) is 16.1. The maximum absolute atomic E-state index is 13.5. The first-order valence-electron chi connectivity index (χ1n) is 9.59. The van der Waals surface area contributed by atoms with Gasteiger partial charge in [0, 0.05) is 9.50 Å². The second-order valence-corrected chi connectivity index (χ2v) is 9.27. The minimum Gasteiger partial charge on any atom is -0.463 e. The molecule has 0 N–H and O–H groups in total. The Morgan fingerprint density at radius 3 is 2.71 bits per heavy atom. The highest BCUT2D eigenvalue weighted by atomic mass is 79.9. The van der Waals surface area contributed by atoms with Crippen molar-refractivity contribution in [2.45, 2.75) is 19.9 Å². The Kier molecular flexibility index (Phi) is 6.27. The van der Waals surface area contributed by atoms with E-state index in [4.69, 9.17) is 16.3 Å². The molecule has 0 aliphatic carbocycles. The summed E-state index contributed by atoms with van der Waals surface area (Å²) in [6.45, 7) is 3.76. The number of hydrogen-bond acceptors (Lipinski definition) is 5. The summed E-state index contributed by atoms with van der Waals surface area (Å²) >= 11 is 10.8. The van der Waals surface area contributed by atoms with E-state index >= 15 is 0 Å². The fourth-order valence-corrected chi connectivity index (χ4v) is 5.01. The second-order valence-electron chi connectivity index (χ2n) is 6.91. The van der Waals surface area contributed by atoms with Gasteiger partial charge in [0.05, 0.1) is 28.5 Å². The Morgan fingerprint density at radius 1 is 1.29 bits per heavy atom. The van der Waals surface area contributed by atoms with E-state index in [1.165, 1.54) is 11.3 Å². The number of esters is 1. The highest BCUT2D eigenvalue weighted by molar-refractivity contribution is 9.10. The second kappa shape index (κ2) is 8.94. The molecule has 0 saturated carbocycles. The number of aromatic nitrogens is 1. The zero-order chi connectivity index (χ0) is 22.1. The van der Waals surface area contributed by atoms with Crippen molar-refractivity contribution in [1.29, 1.82) is 0 Å². The SMILES string of the molecule is CCOC(=O)C1=C(C)N=c2s/c(=C/c3cccc(Cl)c3)c(=O)n2C1c1ccc(Br)cc1. The van der Waals surface area contributed by atoms with Crippen molar-refractivity contribution >= 4 is 50.9 Å². The molecule has 0 fully saturated rings. The van der Waals surface area contributed by atoms with E-state index in [1.54, 1.807) is 36.6 Å². The molecule has 1 aliphatic rings. The number of hydrogen-bond donors (Lipinski definition) is 0. The molecule has 2 aromatic carbocycles. The number of halogens is 2. The van der Waals surface area contributed by atoms with Crippen LogP contribution in [0.1, 0.15) is 31.0 Å². The van der Waals surface area contributed by atoms with Crippen molar-refractivity contribution in [2.24, 2.45) is 4.99 Å². The minimum atomic E-state index is -0.620. The van der Waals surface area contributed by atoms with E-state index < -0.39 is 12.0 Å². The van der Waals surface area contributed by atoms with Crippen molar-refractivity contribution in [3.8, 4) is 0 Å². The number of rotatable bonds is 4. The smallest absolute Gasteiger partial charge is 0.338 e. The molecule has 4 rings (SSSR count). The van der Waals surface area contributed by atoms with Gasteiger partial charge in [0.25, 0.3) is 5.56 Å². The van der Waals surface area contributed by atoms with Crippen molar-refractivity contribution in [3.05, 3.63) is 100 Å². The molecule has 0 spiro atoms. The third kappa shape index (κ3) is 4.31. The van der Waals surface area contributed by atoms with Gasteiger partial charge in [-0.1, -0.05) is 63.1 Å². The van der Waals surface area contributed by atoms with Crippen LogP contribution in [0.4, 0.5) is 0 Å². The molecule has 0 bridgehead atoms. The van der Waals surface area contributed by atoms with Crippen LogP contribution >= 0.6 is 38.9 Å². The molecule has 8 heteroatoms. The lowest BCUT2D eigenvalue weighted by Gasteiger charge is -2.24. The molecule has 5 nitrogen and oxygen atoms in total. The van der Waals surface area contributed by atoms with Gasteiger partial charge in [-0.05, 0) is 55.3 Å². The van der Waals surface area contributed by atoms with Gasteiger partial charge in [-0.2, -0.15) is 0 Å². The fraction of sp³-hybridized carbons (Fsp3) is 0.174. The van der Waals surface area contributed by atoms with Crippen LogP contribution in [0.25, 0.3) is 6.08 Å². The van der Waals surface area contributed by atoms with E-state index in [0.29, 0.717) is 25.6 Å². The fourth-order valence-electron chi connectivity index (χ4n) is 3.50. The lowest BCUT2D eigenvalue weighted by atomic mass is 9.96. The van der Waals surface area contributed by atoms with Gasteiger partial charge in [-0.15, -0.1) is 0 Å². The molecule has 158 valence electrons. The molecular formula is C23H18BrClN2O3S. The van der Waals surface area contributed by atoms with Crippen molar-refractivity contribution in [2.75, 3.05) is 6.61 Å². The number of benzene rings is 2. The third-order valence-electron chi connectivity index (χ3n) is 4.85. The number of allylic oxidation sites excluding steroid dienone is 1. The zero-order valence-electron chi connectivity index (χ0n) is 16.8. The Balaban J connectivity index is 1.96. The Morgan fingerprint density at radius 2 is 2.03 bits per heavy atom. The van der Waals surface area contributed by atoms with E-state index in [9.17, 15) is 9.59 Å². The molecule has 3 aromatic rings. The monoisotopic (exact) mass is 516 g/mol. The summed E-state index contributed by atoms with van der Waals surface area (Å²) in [6.07, 6.45) is 1.79. The number of nitrogens with zero attached hydrogens (tertiary/aromatic N) is 2. The maximum atomic E-state index is 13.5. The van der Waals surface area contributed by atoms with Gasteiger partial charge in [-0.3, -0.25) is 9.36 Å². The van der Waals surface area contributed by atoms with Crippen LogP contribution in [0.5, 0.6) is 0 Å². The number of thiazole rings is 1. The summed E-state index contributed by atoms with van der Waals surface area (Å²) in [5.74, 6) is -0.471. The summed E-state index contributed by atoms with van der Waals surface area (Å²) in [7, 11) is 0. The summed E-state index contributed by atoms with van der Waals surface area (Å²) in [4.78, 5) is 31.4. The summed E-state index contributed by atoms with van der Waals surface area (Å²) in [5, 5.41) is 0.592. The van der Waals surface area contributed by atoms with Crippen LogP contribution in [-0.2, 0) is 9.53 Å². The topological polar surface area (TPSA) is 60.7 Å². The van der Waals surface area contributed by atoms with Crippen LogP contribution in [-0.4, -0.2) is 17.1 Å². The molecule has 0 amide bonds. The average Bonchev–Trinajstić information content (AvgIpc) is 3.02. The van der Waals surface area contributed by atoms with E-state index in [2.05, 4.69) is 20.9 Å². The number of ether oxygens (including phenoxy) is 1. The first-order chi connectivity index (χ1) is 14.9. The van der Waals surface area contributed by atoms with Gasteiger partial charge in [0.1, 0.15) is 0 Å². The summed E-state index contributed by atoms with van der Waals surface area (Å²) in [5.41, 5.74) is 2.31. The maximum Gasteiger partial charge on any atom is 0.338 e. The number of carbonyl (C=O) groups excluding carboxylic acids is 1. The predicted octanol–water partition coefficient (Wildman–Crippen LogP) is 4.21. The van der Waals surface area contributed by atoms with Crippen LogP contribution < -0.4 is 14.9 Å². The van der Waals surface area contributed by atoms with Gasteiger partial charge < -0.3 is 4.74 Å². The lowest BCUT2D eigenvalue weighted by molar-refractivity contribution is -0.139. The summed E-state index contributed by atoms with van der Waals surface area (Å²) in [6, 6.07) is 14.2. The third-order valence-corrected chi connectivity index (χ3v) is 6.60. The molecule has 0 radical (unpaired) electrons. The zero-order valence-corrected chi connectivity index (χ0v) is 19.9. The summed E-state index contributed by atoms with van der Waals surface area (Å²) < 4.78 is 8.29. The molecule has 2 heterocycles. The molecule has 1 atom stereocenters. The molecule has 0 saturated heterocycles. The van der Waals surface area contributed by atoms with Crippen LogP contribution in [0, 0.1) is 0 Å². The lowest BCUT2D eigenvalue weighted by Crippen LogP contribution is -2.39. The number of fused-ring (bicyclic) bond motifs is 1. The molecule has 1 unspecified atom stereocenters. The van der Waals surface area contributed by atoms with Crippen LogP contribution in [0.15, 0.2) is 74.1 Å². The average molecular weight is 518 g/mol. The molecular weight excluding hydrogens is 500 g/mol. The van der Waals surface area contributed by atoms with Crippen molar-refractivity contribution in [3.63, 3.8) is 0 Å². The van der Waals surface area contributed by atoms with Crippen LogP contribution in [0.2, 0.25) is 5.02 Å². The molecule has 31 heavy (non-hydrogen) atoms. The number of carbonyl (C=O) groups is 1. The highest BCUT2D eigenvalue weighted by Gasteiger charge is 2.33. The first kappa shape index (κ1) is 21.7. The predicted molar refractivity (Wildman–Crippen MR) is 126 cm³/mol. The van der Waals surface area contributed by atoms with E-state index in [-0.39, 0.29) is 12.2 Å². The Labute approximate surface area is 196 Å². The van der Waals surface area contributed by atoms with E-state index in [1.807, 2.05) is 36.4 Å². The van der Waals surface area contributed by atoms with Crippen LogP contribution in [0.3, 0.4) is 0 Å². The minimum absolute atomic E-state index is 0.217. The van der Waals surface area contributed by atoms with Crippen molar-refractivity contribution in [1.82, 2.24) is 4.57 Å². The van der Waals surface area contributed by atoms with Crippen molar-refractivity contribution < 1.29 is 9.53 Å². The van der Waals surface area contributed by atoms with Gasteiger partial charge in [-0.25, -0.2) is 9.79 Å². The standard InChI is InChI=1S/C23H18BrClN2O3S/c1-3-30-22(29)19-13(2)26-23-27(20(19)15-7-9-16(24)10-8-15)21(28)18(31-23)12-14-5-4-6-17(25)11-14/h4-12,20H,3H2,1-2H3/b18-12+. The Hall–Kier alpha value is -2.48. The van der Waals surface area contributed by atoms with Gasteiger partial charge in [0.2, 0.25) is 0 Å². The highest BCUT2D eigenvalue weighted by Crippen LogP contribution is 2.31. The quantitative estimate of drug-likeness (QED) is 0.487. The molecule has 1 aliphatic heterocycles. The van der Waals surface area contributed by atoms with Gasteiger partial charge in [0.15, 0.2) is 4.80 Å².